The third kappa shape index (κ3) is 2.78. The Hall–Kier alpha value is -2.21. The molecule has 1 aromatic heterocycles. The molecule has 2 aliphatic carbocycles. The molecule has 2 bridgehead atoms. The fourth-order valence-corrected chi connectivity index (χ4v) is 6.04. The number of halogens is 1. The van der Waals surface area contributed by atoms with Crippen molar-refractivity contribution in [3.05, 3.63) is 59.9 Å². The molecular formula is C21H19BrN2O3. The van der Waals surface area contributed by atoms with Gasteiger partial charge in [0.15, 0.2) is 0 Å². The summed E-state index contributed by atoms with van der Waals surface area (Å²) >= 11 is 3.65. The fourth-order valence-electron chi connectivity index (χ4n) is 5.00. The second-order valence-electron chi connectivity index (χ2n) is 7.68. The predicted octanol–water partition coefficient (Wildman–Crippen LogP) is 3.18. The molecule has 3 fully saturated rings. The molecule has 6 heteroatoms. The maximum absolute atomic E-state index is 12.9. The van der Waals surface area contributed by atoms with Crippen LogP contribution >= 0.6 is 15.9 Å². The molecule has 2 saturated carbocycles. The molecular weight excluding hydrogens is 408 g/mol. The number of hydrogen-bond donors (Lipinski definition) is 1. The van der Waals surface area contributed by atoms with Crippen molar-refractivity contribution in [2.45, 2.75) is 23.8 Å². The van der Waals surface area contributed by atoms with Crippen LogP contribution in [0.4, 0.5) is 5.69 Å². The number of alkyl halides is 1. The van der Waals surface area contributed by atoms with Gasteiger partial charge in [-0.15, -0.1) is 0 Å². The van der Waals surface area contributed by atoms with Crippen molar-refractivity contribution in [2.75, 3.05) is 5.32 Å². The van der Waals surface area contributed by atoms with Crippen molar-refractivity contribution < 1.29 is 14.3 Å². The van der Waals surface area contributed by atoms with E-state index in [0.717, 1.165) is 18.5 Å². The van der Waals surface area contributed by atoms with Gasteiger partial charge in [0.1, 0.15) is 6.10 Å². The van der Waals surface area contributed by atoms with Crippen LogP contribution in [0.15, 0.2) is 48.8 Å². The lowest BCUT2D eigenvalue weighted by molar-refractivity contribution is -0.145. The number of nitrogens with zero attached hydrogens (tertiary/aromatic N) is 1. The van der Waals surface area contributed by atoms with E-state index in [1.807, 2.05) is 36.4 Å². The Morgan fingerprint density at radius 3 is 2.56 bits per heavy atom. The van der Waals surface area contributed by atoms with Crippen LogP contribution in [0.25, 0.3) is 0 Å². The molecule has 0 radical (unpaired) electrons. The Bertz CT molecular complexity index is 886. The molecule has 27 heavy (non-hydrogen) atoms. The zero-order chi connectivity index (χ0) is 18.5. The van der Waals surface area contributed by atoms with Crippen LogP contribution < -0.4 is 5.32 Å². The molecule has 0 unspecified atom stereocenters. The number of fused-ring (bicyclic) bond motifs is 1. The topological polar surface area (TPSA) is 68.3 Å². The highest BCUT2D eigenvalue weighted by Crippen LogP contribution is 2.60. The predicted molar refractivity (Wildman–Crippen MR) is 103 cm³/mol. The minimum absolute atomic E-state index is 0.0518. The summed E-state index contributed by atoms with van der Waals surface area (Å²) in [6.45, 7) is 0. The SMILES string of the molecule is O=C(Nc1ccc(Cc2ccncc2)cc1)[C@@H]1[C@H]2C[C@H]3[C@H](OC(=O)[C@H]31)[C@H]2Br. The number of carbonyl (C=O) groups excluding carboxylic acids is 2. The van der Waals surface area contributed by atoms with E-state index < -0.39 is 0 Å². The molecule has 6 atom stereocenters. The first-order valence-corrected chi connectivity index (χ1v) is 10.2. The van der Waals surface area contributed by atoms with Crippen molar-refractivity contribution in [2.24, 2.45) is 23.7 Å². The standard InChI is InChI=1S/C21H19BrN2O3/c22-18-14-10-15-17(21(26)27-19(15)18)16(14)20(25)24-13-3-1-11(2-4-13)9-12-5-7-23-8-6-12/h1-8,14-19H,9-10H2,(H,24,25)/t14-,15-,16-,17-,18+,19+/m1/s1. The van der Waals surface area contributed by atoms with E-state index in [4.69, 9.17) is 4.74 Å². The summed E-state index contributed by atoms with van der Waals surface area (Å²) in [6, 6.07) is 11.9. The summed E-state index contributed by atoms with van der Waals surface area (Å²) in [6.07, 6.45) is 5.23. The van der Waals surface area contributed by atoms with Crippen LogP contribution in [0.5, 0.6) is 0 Å². The number of amides is 1. The normalized spacial score (nSPS) is 33.1. The first-order chi connectivity index (χ1) is 13.1. The van der Waals surface area contributed by atoms with Crippen LogP contribution in [-0.4, -0.2) is 27.8 Å². The highest BCUT2D eigenvalue weighted by atomic mass is 79.9. The smallest absolute Gasteiger partial charge is 0.310 e. The van der Waals surface area contributed by atoms with E-state index in [1.165, 1.54) is 11.1 Å². The molecule has 0 spiro atoms. The van der Waals surface area contributed by atoms with Gasteiger partial charge in [0.25, 0.3) is 0 Å². The summed E-state index contributed by atoms with van der Waals surface area (Å²) in [4.78, 5) is 29.2. The average molecular weight is 427 g/mol. The van der Waals surface area contributed by atoms with Gasteiger partial charge in [-0.3, -0.25) is 14.6 Å². The summed E-state index contributed by atoms with van der Waals surface area (Å²) in [7, 11) is 0. The zero-order valence-electron chi connectivity index (χ0n) is 14.5. The molecule has 5 nitrogen and oxygen atoms in total. The van der Waals surface area contributed by atoms with Crippen molar-refractivity contribution >= 4 is 33.5 Å². The molecule has 5 rings (SSSR count). The van der Waals surface area contributed by atoms with Crippen LogP contribution in [0, 0.1) is 23.7 Å². The average Bonchev–Trinajstić information content (AvgIpc) is 3.28. The van der Waals surface area contributed by atoms with Gasteiger partial charge in [0.05, 0.1) is 16.7 Å². The molecule has 1 aromatic carbocycles. The molecule has 2 aromatic rings. The number of pyridine rings is 1. The Morgan fingerprint density at radius 1 is 1.11 bits per heavy atom. The van der Waals surface area contributed by atoms with E-state index >= 15 is 0 Å². The molecule has 2 heterocycles. The Kier molecular flexibility index (Phi) is 4.04. The number of nitrogens with one attached hydrogen (secondary N) is 1. The van der Waals surface area contributed by atoms with E-state index in [-0.39, 0.29) is 46.5 Å². The number of benzene rings is 1. The van der Waals surface area contributed by atoms with Crippen molar-refractivity contribution in [1.82, 2.24) is 4.98 Å². The lowest BCUT2D eigenvalue weighted by Crippen LogP contribution is -2.40. The van der Waals surface area contributed by atoms with E-state index in [2.05, 4.69) is 26.2 Å². The van der Waals surface area contributed by atoms with Gasteiger partial charge in [0, 0.05) is 24.0 Å². The number of aromatic nitrogens is 1. The van der Waals surface area contributed by atoms with Crippen molar-refractivity contribution in [3.63, 3.8) is 0 Å². The number of ether oxygens (including phenoxy) is 1. The van der Waals surface area contributed by atoms with Gasteiger partial charge in [-0.1, -0.05) is 28.1 Å². The van der Waals surface area contributed by atoms with Crippen molar-refractivity contribution in [3.8, 4) is 0 Å². The molecule has 3 aliphatic rings. The number of rotatable bonds is 4. The second kappa shape index (κ2) is 6.44. The molecule has 1 amide bonds. The minimum Gasteiger partial charge on any atom is -0.461 e. The summed E-state index contributed by atoms with van der Waals surface area (Å²) < 4.78 is 5.48. The summed E-state index contributed by atoms with van der Waals surface area (Å²) in [5, 5.41) is 3.01. The second-order valence-corrected chi connectivity index (χ2v) is 8.74. The third-order valence-electron chi connectivity index (χ3n) is 6.20. The van der Waals surface area contributed by atoms with E-state index in [9.17, 15) is 9.59 Å². The monoisotopic (exact) mass is 426 g/mol. The number of anilines is 1. The largest absolute Gasteiger partial charge is 0.461 e. The molecule has 1 N–H and O–H groups in total. The van der Waals surface area contributed by atoms with Crippen LogP contribution in [-0.2, 0) is 20.7 Å². The fraction of sp³-hybridized carbons (Fsp3) is 0.381. The Balaban J connectivity index is 1.28. The Labute approximate surface area is 165 Å². The number of carbonyl (C=O) groups is 2. The van der Waals surface area contributed by atoms with Gasteiger partial charge < -0.3 is 10.1 Å². The molecule has 138 valence electrons. The lowest BCUT2D eigenvalue weighted by Gasteiger charge is -2.27. The van der Waals surface area contributed by atoms with E-state index in [0.29, 0.717) is 0 Å². The van der Waals surface area contributed by atoms with Crippen LogP contribution in [0.1, 0.15) is 17.5 Å². The maximum atomic E-state index is 12.9. The first kappa shape index (κ1) is 16.9. The quantitative estimate of drug-likeness (QED) is 0.601. The van der Waals surface area contributed by atoms with E-state index in [1.54, 1.807) is 12.4 Å². The lowest BCUT2D eigenvalue weighted by atomic mass is 9.79. The summed E-state index contributed by atoms with van der Waals surface area (Å²) in [5.74, 6) is -0.506. The Morgan fingerprint density at radius 2 is 1.81 bits per heavy atom. The maximum Gasteiger partial charge on any atom is 0.310 e. The third-order valence-corrected chi connectivity index (χ3v) is 7.40. The first-order valence-electron chi connectivity index (χ1n) is 9.25. The van der Waals surface area contributed by atoms with Crippen molar-refractivity contribution in [1.29, 1.82) is 0 Å². The van der Waals surface area contributed by atoms with Gasteiger partial charge >= 0.3 is 5.97 Å². The zero-order valence-corrected chi connectivity index (χ0v) is 16.1. The van der Waals surface area contributed by atoms with Crippen LogP contribution in [0.3, 0.4) is 0 Å². The molecule has 1 saturated heterocycles. The molecule has 1 aliphatic heterocycles. The highest BCUT2D eigenvalue weighted by molar-refractivity contribution is 9.09. The van der Waals surface area contributed by atoms with Gasteiger partial charge in [-0.05, 0) is 54.2 Å². The highest BCUT2D eigenvalue weighted by Gasteiger charge is 2.67. The number of esters is 1. The van der Waals surface area contributed by atoms with Crippen LogP contribution in [0.2, 0.25) is 0 Å². The minimum atomic E-state index is -0.304. The number of hydrogen-bond acceptors (Lipinski definition) is 4. The van der Waals surface area contributed by atoms with Gasteiger partial charge in [-0.2, -0.15) is 0 Å². The van der Waals surface area contributed by atoms with Gasteiger partial charge in [-0.25, -0.2) is 0 Å². The van der Waals surface area contributed by atoms with Gasteiger partial charge in [0.2, 0.25) is 5.91 Å². The summed E-state index contributed by atoms with van der Waals surface area (Å²) in [5.41, 5.74) is 3.12.